The zero-order chi connectivity index (χ0) is 16.7. The van der Waals surface area contributed by atoms with Crippen LogP contribution in [0.25, 0.3) is 0 Å². The highest BCUT2D eigenvalue weighted by molar-refractivity contribution is 7.89. The SMILES string of the molecule is Cl.NCc1cc(C(=O)NCCS(=O)(=O)NCc2ccccc2)co1. The fraction of sp³-hybridized carbons (Fsp3) is 0.267. The Morgan fingerprint density at radius 1 is 1.21 bits per heavy atom. The first-order valence-corrected chi connectivity index (χ1v) is 8.72. The summed E-state index contributed by atoms with van der Waals surface area (Å²) in [6.45, 7) is 0.426. The monoisotopic (exact) mass is 373 g/mol. The van der Waals surface area contributed by atoms with Gasteiger partial charge in [0.25, 0.3) is 5.91 Å². The summed E-state index contributed by atoms with van der Waals surface area (Å²) in [7, 11) is -3.47. The third-order valence-electron chi connectivity index (χ3n) is 3.11. The van der Waals surface area contributed by atoms with Crippen LogP contribution in [0, 0.1) is 0 Å². The molecule has 0 saturated heterocycles. The Kier molecular flexibility index (Phi) is 7.93. The van der Waals surface area contributed by atoms with Crippen molar-refractivity contribution in [1.82, 2.24) is 10.0 Å². The number of carbonyl (C=O) groups is 1. The molecule has 0 radical (unpaired) electrons. The lowest BCUT2D eigenvalue weighted by Crippen LogP contribution is -2.34. The van der Waals surface area contributed by atoms with Gasteiger partial charge >= 0.3 is 0 Å². The van der Waals surface area contributed by atoms with Crippen molar-refractivity contribution in [2.75, 3.05) is 12.3 Å². The molecular formula is C15H20ClN3O4S. The molecule has 1 amide bonds. The lowest BCUT2D eigenvalue weighted by molar-refractivity contribution is 0.0955. The molecule has 4 N–H and O–H groups in total. The molecule has 9 heteroatoms. The number of hydrogen-bond donors (Lipinski definition) is 3. The van der Waals surface area contributed by atoms with E-state index in [1.165, 1.54) is 12.3 Å². The molecular weight excluding hydrogens is 354 g/mol. The molecule has 0 bridgehead atoms. The minimum atomic E-state index is -3.47. The maximum Gasteiger partial charge on any atom is 0.254 e. The number of sulfonamides is 1. The van der Waals surface area contributed by atoms with Gasteiger partial charge in [-0.05, 0) is 11.6 Å². The first-order valence-electron chi connectivity index (χ1n) is 7.07. The van der Waals surface area contributed by atoms with Crippen LogP contribution in [0.15, 0.2) is 47.1 Å². The summed E-state index contributed by atoms with van der Waals surface area (Å²) in [6, 6.07) is 10.7. The average Bonchev–Trinajstić information content (AvgIpc) is 3.03. The molecule has 1 heterocycles. The maximum absolute atomic E-state index is 11.9. The van der Waals surface area contributed by atoms with Gasteiger partial charge in [-0.1, -0.05) is 30.3 Å². The van der Waals surface area contributed by atoms with Crippen LogP contribution in [0.1, 0.15) is 21.7 Å². The first-order chi connectivity index (χ1) is 11.0. The van der Waals surface area contributed by atoms with Crippen molar-refractivity contribution in [1.29, 1.82) is 0 Å². The second-order valence-electron chi connectivity index (χ2n) is 4.89. The van der Waals surface area contributed by atoms with E-state index in [9.17, 15) is 13.2 Å². The molecule has 0 fully saturated rings. The number of rotatable bonds is 8. The Morgan fingerprint density at radius 2 is 1.92 bits per heavy atom. The predicted octanol–water partition coefficient (Wildman–Crippen LogP) is 1.01. The minimum Gasteiger partial charge on any atom is -0.467 e. The van der Waals surface area contributed by atoms with Gasteiger partial charge in [0, 0.05) is 13.1 Å². The Bertz CT molecular complexity index is 747. The molecule has 1 aromatic heterocycles. The molecule has 0 atom stereocenters. The summed E-state index contributed by atoms with van der Waals surface area (Å²) in [6.07, 6.45) is 1.29. The molecule has 132 valence electrons. The number of furan rings is 1. The molecule has 0 aliphatic heterocycles. The summed E-state index contributed by atoms with van der Waals surface area (Å²) >= 11 is 0. The van der Waals surface area contributed by atoms with E-state index in [2.05, 4.69) is 10.0 Å². The smallest absolute Gasteiger partial charge is 0.254 e. The van der Waals surface area contributed by atoms with E-state index < -0.39 is 15.9 Å². The standard InChI is InChI=1S/C15H19N3O4S.ClH/c16-9-14-8-13(11-22-14)15(19)17-6-7-23(20,21)18-10-12-4-2-1-3-5-12;/h1-5,8,11,18H,6-7,9-10,16H2,(H,17,19);1H. The van der Waals surface area contributed by atoms with Gasteiger partial charge in [0.15, 0.2) is 0 Å². The maximum atomic E-state index is 11.9. The number of amides is 1. The zero-order valence-electron chi connectivity index (χ0n) is 12.9. The fourth-order valence-corrected chi connectivity index (χ4v) is 2.77. The number of hydrogen-bond acceptors (Lipinski definition) is 5. The highest BCUT2D eigenvalue weighted by atomic mass is 35.5. The van der Waals surface area contributed by atoms with E-state index in [1.54, 1.807) is 0 Å². The molecule has 0 aliphatic rings. The van der Waals surface area contributed by atoms with Crippen molar-refractivity contribution in [3.05, 3.63) is 59.5 Å². The van der Waals surface area contributed by atoms with Crippen molar-refractivity contribution < 1.29 is 17.6 Å². The number of nitrogens with one attached hydrogen (secondary N) is 2. The summed E-state index contributed by atoms with van der Waals surface area (Å²) in [5.41, 5.74) is 6.58. The summed E-state index contributed by atoms with van der Waals surface area (Å²) in [4.78, 5) is 11.8. The quantitative estimate of drug-likeness (QED) is 0.638. The number of carbonyl (C=O) groups excluding carboxylic acids is 1. The van der Waals surface area contributed by atoms with Gasteiger partial charge in [0.1, 0.15) is 12.0 Å². The second kappa shape index (κ2) is 9.43. The zero-order valence-corrected chi connectivity index (χ0v) is 14.5. The van der Waals surface area contributed by atoms with Crippen molar-refractivity contribution >= 4 is 28.3 Å². The topological polar surface area (TPSA) is 114 Å². The molecule has 0 aliphatic carbocycles. The summed E-state index contributed by atoms with van der Waals surface area (Å²) in [5, 5.41) is 2.53. The molecule has 7 nitrogen and oxygen atoms in total. The van der Waals surface area contributed by atoms with Gasteiger partial charge in [-0.2, -0.15) is 0 Å². The van der Waals surface area contributed by atoms with E-state index >= 15 is 0 Å². The highest BCUT2D eigenvalue weighted by Gasteiger charge is 2.13. The average molecular weight is 374 g/mol. The van der Waals surface area contributed by atoms with Crippen LogP contribution in [0.2, 0.25) is 0 Å². The van der Waals surface area contributed by atoms with Gasteiger partial charge in [-0.25, -0.2) is 13.1 Å². The van der Waals surface area contributed by atoms with Crippen molar-refractivity contribution in [2.24, 2.45) is 5.73 Å². The van der Waals surface area contributed by atoms with Crippen molar-refractivity contribution in [3.8, 4) is 0 Å². The predicted molar refractivity (Wildman–Crippen MR) is 93.2 cm³/mol. The van der Waals surface area contributed by atoms with E-state index in [0.717, 1.165) is 5.56 Å². The van der Waals surface area contributed by atoms with Crippen LogP contribution in [-0.4, -0.2) is 26.6 Å². The molecule has 2 aromatic rings. The number of halogens is 1. The Hall–Kier alpha value is -1.87. The van der Waals surface area contributed by atoms with Crippen molar-refractivity contribution in [3.63, 3.8) is 0 Å². The van der Waals surface area contributed by atoms with E-state index in [0.29, 0.717) is 11.3 Å². The number of nitrogens with two attached hydrogens (primary N) is 1. The lowest BCUT2D eigenvalue weighted by atomic mass is 10.2. The fourth-order valence-electron chi connectivity index (χ4n) is 1.87. The highest BCUT2D eigenvalue weighted by Crippen LogP contribution is 2.06. The molecule has 0 spiro atoms. The van der Waals surface area contributed by atoms with Crippen molar-refractivity contribution in [2.45, 2.75) is 13.1 Å². The molecule has 0 unspecified atom stereocenters. The summed E-state index contributed by atoms with van der Waals surface area (Å²) in [5.74, 6) is -0.105. The minimum absolute atomic E-state index is 0. The Morgan fingerprint density at radius 3 is 2.54 bits per heavy atom. The van der Waals surface area contributed by atoms with Crippen LogP contribution in [0.5, 0.6) is 0 Å². The third kappa shape index (κ3) is 6.32. The van der Waals surface area contributed by atoms with Crippen LogP contribution >= 0.6 is 12.4 Å². The molecule has 1 aromatic carbocycles. The molecule has 0 saturated carbocycles. The normalized spacial score (nSPS) is 10.9. The van der Waals surface area contributed by atoms with Gasteiger partial charge < -0.3 is 15.5 Å². The van der Waals surface area contributed by atoms with E-state index in [1.807, 2.05) is 30.3 Å². The molecule has 2 rings (SSSR count). The molecule has 24 heavy (non-hydrogen) atoms. The first kappa shape index (κ1) is 20.2. The van der Waals surface area contributed by atoms with Gasteiger partial charge in [-0.15, -0.1) is 12.4 Å². The lowest BCUT2D eigenvalue weighted by Gasteiger charge is -2.07. The van der Waals surface area contributed by atoms with Crippen LogP contribution in [-0.2, 0) is 23.1 Å². The largest absolute Gasteiger partial charge is 0.467 e. The second-order valence-corrected chi connectivity index (χ2v) is 6.81. The Labute approximate surface area is 147 Å². The van der Waals surface area contributed by atoms with Gasteiger partial charge in [0.2, 0.25) is 10.0 Å². The van der Waals surface area contributed by atoms with Gasteiger partial charge in [0.05, 0.1) is 17.9 Å². The van der Waals surface area contributed by atoms with Gasteiger partial charge in [-0.3, -0.25) is 4.79 Å². The van der Waals surface area contributed by atoms with E-state index in [4.69, 9.17) is 10.2 Å². The van der Waals surface area contributed by atoms with Crippen LogP contribution in [0.4, 0.5) is 0 Å². The Balaban J connectivity index is 0.00000288. The summed E-state index contributed by atoms with van der Waals surface area (Å²) < 4.78 is 31.3. The third-order valence-corrected chi connectivity index (χ3v) is 4.44. The van der Waals surface area contributed by atoms with E-state index in [-0.39, 0.29) is 37.8 Å². The van der Waals surface area contributed by atoms with Crippen LogP contribution < -0.4 is 15.8 Å². The number of benzene rings is 1. The van der Waals surface area contributed by atoms with Crippen LogP contribution in [0.3, 0.4) is 0 Å².